The number of carbonyl (C=O) groups is 1. The summed E-state index contributed by atoms with van der Waals surface area (Å²) in [5.74, 6) is 4.35. The van der Waals surface area contributed by atoms with Gasteiger partial charge in [0.15, 0.2) is 5.69 Å². The minimum absolute atomic E-state index is 0.0631. The van der Waals surface area contributed by atoms with Crippen molar-refractivity contribution >= 4 is 5.97 Å². The highest BCUT2D eigenvalue weighted by Gasteiger charge is 2.09. The highest BCUT2D eigenvalue weighted by atomic mass is 16.4. The van der Waals surface area contributed by atoms with E-state index in [1.807, 2.05) is 6.92 Å². The maximum Gasteiger partial charge on any atom is 0.355 e. The summed E-state index contributed by atoms with van der Waals surface area (Å²) in [6.07, 6.45) is 1.87. The van der Waals surface area contributed by atoms with Crippen LogP contribution in [0.4, 0.5) is 0 Å². The van der Waals surface area contributed by atoms with Crippen molar-refractivity contribution in [3.63, 3.8) is 0 Å². The molecule has 0 bridgehead atoms. The van der Waals surface area contributed by atoms with Gasteiger partial charge in [-0.15, -0.1) is 0 Å². The van der Waals surface area contributed by atoms with Crippen LogP contribution in [0.1, 0.15) is 28.0 Å². The average Bonchev–Trinajstić information content (AvgIpc) is 2.28. The molecule has 0 aliphatic carbocycles. The topological polar surface area (TPSA) is 99.0 Å². The largest absolute Gasteiger partial charge is 0.476 e. The van der Waals surface area contributed by atoms with E-state index in [1.165, 1.54) is 6.20 Å². The molecule has 6 nitrogen and oxygen atoms in total. The second kappa shape index (κ2) is 6.16. The lowest BCUT2D eigenvalue weighted by molar-refractivity contribution is 0.0690. The summed E-state index contributed by atoms with van der Waals surface area (Å²) in [4.78, 5) is 17.3. The maximum atomic E-state index is 10.9. The number of carboxylic acids is 1. The predicted molar refractivity (Wildman–Crippen MR) is 61.4 cm³/mol. The molecule has 1 heterocycles. The van der Waals surface area contributed by atoms with Crippen molar-refractivity contribution in [2.75, 3.05) is 6.54 Å². The molecule has 0 saturated carbocycles. The molecule has 6 heteroatoms. The highest BCUT2D eigenvalue weighted by Crippen LogP contribution is 2.07. The Morgan fingerprint density at radius 1 is 1.71 bits per heavy atom. The van der Waals surface area contributed by atoms with Gasteiger partial charge < -0.3 is 5.11 Å². The summed E-state index contributed by atoms with van der Waals surface area (Å²) in [6, 6.07) is 1.66. The van der Waals surface area contributed by atoms with Crippen LogP contribution in [-0.4, -0.2) is 22.6 Å². The Morgan fingerprint density at radius 2 is 2.47 bits per heavy atom. The van der Waals surface area contributed by atoms with Crippen LogP contribution in [0.15, 0.2) is 17.4 Å². The summed E-state index contributed by atoms with van der Waals surface area (Å²) in [6.45, 7) is 2.08. The molecule has 1 N–H and O–H groups in total. The van der Waals surface area contributed by atoms with Crippen molar-refractivity contribution < 1.29 is 9.90 Å². The third-order valence-corrected chi connectivity index (χ3v) is 1.85. The molecule has 0 saturated heterocycles. The van der Waals surface area contributed by atoms with E-state index in [9.17, 15) is 4.79 Å². The third-order valence-electron chi connectivity index (χ3n) is 1.85. The number of azide groups is 1. The molecule has 0 aliphatic rings. The van der Waals surface area contributed by atoms with Gasteiger partial charge in [0, 0.05) is 24.1 Å². The molecule has 1 rings (SSSR count). The Labute approximate surface area is 97.9 Å². The first-order valence-corrected chi connectivity index (χ1v) is 4.85. The van der Waals surface area contributed by atoms with Crippen molar-refractivity contribution in [2.45, 2.75) is 13.3 Å². The van der Waals surface area contributed by atoms with Crippen molar-refractivity contribution in [1.82, 2.24) is 4.98 Å². The molecule has 0 spiro atoms. The van der Waals surface area contributed by atoms with E-state index in [-0.39, 0.29) is 12.2 Å². The zero-order valence-corrected chi connectivity index (χ0v) is 9.21. The first kappa shape index (κ1) is 12.6. The summed E-state index contributed by atoms with van der Waals surface area (Å²) < 4.78 is 0. The molecule has 0 radical (unpaired) electrons. The summed E-state index contributed by atoms with van der Waals surface area (Å²) in [7, 11) is 0. The van der Waals surface area contributed by atoms with Gasteiger partial charge in [-0.05, 0) is 24.1 Å². The molecule has 0 fully saturated rings. The first-order chi connectivity index (χ1) is 8.15. The van der Waals surface area contributed by atoms with E-state index in [2.05, 4.69) is 26.9 Å². The van der Waals surface area contributed by atoms with Crippen molar-refractivity contribution in [1.29, 1.82) is 0 Å². The Balaban J connectivity index is 2.91. The standard InChI is InChI=1S/C11H10N4O2/c1-8-6-9(4-2-3-5-14-15-12)10(11(16)17)13-7-8/h6-7H,3,5H2,1H3,(H,16,17). The number of rotatable bonds is 3. The van der Waals surface area contributed by atoms with Crippen molar-refractivity contribution in [2.24, 2.45) is 5.11 Å². The molecule has 0 aromatic carbocycles. The van der Waals surface area contributed by atoms with Crippen molar-refractivity contribution in [3.05, 3.63) is 39.5 Å². The fraction of sp³-hybridized carbons (Fsp3) is 0.273. The number of hydrogen-bond donors (Lipinski definition) is 1. The van der Waals surface area contributed by atoms with Gasteiger partial charge in [-0.2, -0.15) is 0 Å². The Bertz CT molecular complexity index is 536. The van der Waals surface area contributed by atoms with Gasteiger partial charge in [-0.1, -0.05) is 17.0 Å². The van der Waals surface area contributed by atoms with E-state index >= 15 is 0 Å². The van der Waals surface area contributed by atoms with E-state index in [1.54, 1.807) is 6.07 Å². The van der Waals surface area contributed by atoms with E-state index in [0.29, 0.717) is 12.0 Å². The lowest BCUT2D eigenvalue weighted by atomic mass is 10.1. The van der Waals surface area contributed by atoms with Crippen molar-refractivity contribution in [3.8, 4) is 11.8 Å². The SMILES string of the molecule is Cc1cnc(C(=O)O)c(C#CCCN=[N+]=[N-])c1. The smallest absolute Gasteiger partial charge is 0.355 e. The number of aryl methyl sites for hydroxylation is 1. The van der Waals surface area contributed by atoms with Gasteiger partial charge in [0.25, 0.3) is 0 Å². The molecule has 0 amide bonds. The second-order valence-corrected chi connectivity index (χ2v) is 3.22. The summed E-state index contributed by atoms with van der Waals surface area (Å²) >= 11 is 0. The molecular formula is C11H10N4O2. The van der Waals surface area contributed by atoms with Crippen LogP contribution in [0.2, 0.25) is 0 Å². The molecule has 1 aromatic heterocycles. The van der Waals surface area contributed by atoms with E-state index in [4.69, 9.17) is 10.6 Å². The number of carboxylic acid groups (broad SMARTS) is 1. The number of nitrogens with zero attached hydrogens (tertiary/aromatic N) is 4. The Hall–Kier alpha value is -2.51. The first-order valence-electron chi connectivity index (χ1n) is 4.85. The fourth-order valence-corrected chi connectivity index (χ4v) is 1.14. The lowest BCUT2D eigenvalue weighted by Crippen LogP contribution is -2.03. The quantitative estimate of drug-likeness (QED) is 0.283. The van der Waals surface area contributed by atoms with Crippen LogP contribution in [0.25, 0.3) is 10.4 Å². The minimum Gasteiger partial charge on any atom is -0.476 e. The lowest BCUT2D eigenvalue weighted by Gasteiger charge is -1.99. The second-order valence-electron chi connectivity index (χ2n) is 3.22. The van der Waals surface area contributed by atoms with Gasteiger partial charge in [-0.3, -0.25) is 0 Å². The van der Waals surface area contributed by atoms with Gasteiger partial charge in [0.1, 0.15) is 0 Å². The predicted octanol–water partition coefficient (Wildman–Crippen LogP) is 2.14. The van der Waals surface area contributed by atoms with Gasteiger partial charge in [0.2, 0.25) is 0 Å². The molecule has 86 valence electrons. The van der Waals surface area contributed by atoms with Crippen LogP contribution in [0, 0.1) is 18.8 Å². The molecule has 0 atom stereocenters. The summed E-state index contributed by atoms with van der Waals surface area (Å²) in [5.41, 5.74) is 9.21. The fourth-order valence-electron chi connectivity index (χ4n) is 1.14. The van der Waals surface area contributed by atoms with E-state index in [0.717, 1.165) is 5.56 Å². The average molecular weight is 230 g/mol. The van der Waals surface area contributed by atoms with Gasteiger partial charge in [0.05, 0.1) is 5.56 Å². The zero-order valence-electron chi connectivity index (χ0n) is 9.21. The highest BCUT2D eigenvalue weighted by molar-refractivity contribution is 5.88. The monoisotopic (exact) mass is 230 g/mol. The third kappa shape index (κ3) is 3.86. The van der Waals surface area contributed by atoms with Crippen LogP contribution in [0.3, 0.4) is 0 Å². The Kier molecular flexibility index (Phi) is 4.55. The van der Waals surface area contributed by atoms with Crippen LogP contribution >= 0.6 is 0 Å². The number of hydrogen-bond acceptors (Lipinski definition) is 3. The normalized spacial score (nSPS) is 8.76. The molecule has 0 aliphatic heterocycles. The molecule has 0 unspecified atom stereocenters. The van der Waals surface area contributed by atoms with E-state index < -0.39 is 5.97 Å². The maximum absolute atomic E-state index is 10.9. The van der Waals surface area contributed by atoms with Gasteiger partial charge >= 0.3 is 5.97 Å². The van der Waals surface area contributed by atoms with Crippen LogP contribution in [0.5, 0.6) is 0 Å². The van der Waals surface area contributed by atoms with Crippen LogP contribution < -0.4 is 0 Å². The minimum atomic E-state index is -1.11. The molecular weight excluding hydrogens is 220 g/mol. The number of aromatic nitrogens is 1. The number of aromatic carboxylic acids is 1. The summed E-state index contributed by atoms with van der Waals surface area (Å²) in [5, 5.41) is 12.2. The zero-order chi connectivity index (χ0) is 12.7. The molecule has 17 heavy (non-hydrogen) atoms. The number of pyridine rings is 1. The molecule has 1 aromatic rings. The van der Waals surface area contributed by atoms with Crippen LogP contribution in [-0.2, 0) is 0 Å². The Morgan fingerprint density at radius 3 is 3.12 bits per heavy atom. The van der Waals surface area contributed by atoms with Gasteiger partial charge in [-0.25, -0.2) is 9.78 Å².